The van der Waals surface area contributed by atoms with E-state index in [9.17, 15) is 19.0 Å². The summed E-state index contributed by atoms with van der Waals surface area (Å²) in [6.45, 7) is 4.29. The zero-order valence-corrected chi connectivity index (χ0v) is 66.3. The first-order valence-electron chi connectivity index (χ1n) is 41.2. The summed E-state index contributed by atoms with van der Waals surface area (Å²) in [6, 6.07) is 0. The van der Waals surface area contributed by atoms with Gasteiger partial charge in [-0.2, -0.15) is 0 Å². The van der Waals surface area contributed by atoms with Crippen LogP contribution < -0.4 is 0 Å². The number of quaternary nitrogens is 1. The molecule has 0 aromatic carbocycles. The van der Waals surface area contributed by atoms with Crippen LogP contribution in [-0.4, -0.2) is 74.9 Å². The lowest BCUT2D eigenvalue weighted by atomic mass is 10.0. The highest BCUT2D eigenvalue weighted by Crippen LogP contribution is 2.43. The molecule has 0 rings (SSSR count). The predicted octanol–water partition coefficient (Wildman–Crippen LogP) is 27.8. The first kappa shape index (κ1) is 95.6. The number of phosphoric acid groups is 1. The summed E-state index contributed by atoms with van der Waals surface area (Å²) in [4.78, 5) is 36.0. The van der Waals surface area contributed by atoms with Crippen LogP contribution in [0.2, 0.25) is 0 Å². The molecule has 1 N–H and O–H groups in total. The summed E-state index contributed by atoms with van der Waals surface area (Å²) in [5.74, 6) is -0.847. The summed E-state index contributed by atoms with van der Waals surface area (Å²) in [6.07, 6.45) is 118. The Balaban J connectivity index is 4.07. The first-order valence-corrected chi connectivity index (χ1v) is 42.7. The van der Waals surface area contributed by atoms with E-state index in [0.717, 1.165) is 109 Å². The number of nitrogens with zero attached hydrogens (tertiary/aromatic N) is 1. The fraction of sp³-hybridized carbons (Fsp3) is 0.689. The monoisotopic (exact) mass is 1410 g/mol. The third-order valence-electron chi connectivity index (χ3n) is 17.5. The van der Waals surface area contributed by atoms with Crippen LogP contribution in [0.25, 0.3) is 0 Å². The van der Waals surface area contributed by atoms with Crippen LogP contribution in [0.3, 0.4) is 0 Å². The molecule has 9 nitrogen and oxygen atoms in total. The molecule has 0 bridgehead atoms. The fourth-order valence-electron chi connectivity index (χ4n) is 11.3. The summed E-state index contributed by atoms with van der Waals surface area (Å²) in [5.41, 5.74) is 0. The molecule has 0 saturated heterocycles. The van der Waals surface area contributed by atoms with Crippen molar-refractivity contribution >= 4 is 19.8 Å². The van der Waals surface area contributed by atoms with Crippen molar-refractivity contribution in [1.82, 2.24) is 0 Å². The second-order valence-corrected chi connectivity index (χ2v) is 29.9. The molecule has 0 aliphatic heterocycles. The summed E-state index contributed by atoms with van der Waals surface area (Å²) in [7, 11) is 1.44. The fourth-order valence-corrected chi connectivity index (χ4v) is 12.0. The smallest absolute Gasteiger partial charge is 0.462 e. The second-order valence-electron chi connectivity index (χ2n) is 28.4. The molecule has 0 heterocycles. The first-order chi connectivity index (χ1) is 49.0. The Morgan fingerprint density at radius 3 is 0.880 bits per heavy atom. The maximum atomic E-state index is 12.9. The van der Waals surface area contributed by atoms with Gasteiger partial charge in [0.05, 0.1) is 27.7 Å². The molecule has 2 unspecified atom stereocenters. The molecule has 100 heavy (non-hydrogen) atoms. The molecule has 2 atom stereocenters. The number of carbonyl (C=O) groups excluding carboxylic acids is 2. The number of rotatable bonds is 75. The van der Waals surface area contributed by atoms with E-state index in [1.807, 2.05) is 21.1 Å². The highest BCUT2D eigenvalue weighted by atomic mass is 31.2. The number of unbranched alkanes of at least 4 members (excludes halogenated alkanes) is 35. The summed E-state index contributed by atoms with van der Waals surface area (Å²) in [5, 5.41) is 0. The zero-order chi connectivity index (χ0) is 72.5. The van der Waals surface area contributed by atoms with Gasteiger partial charge in [0, 0.05) is 12.8 Å². The van der Waals surface area contributed by atoms with Gasteiger partial charge in [0.25, 0.3) is 0 Å². The van der Waals surface area contributed by atoms with Crippen molar-refractivity contribution in [2.24, 2.45) is 0 Å². The minimum absolute atomic E-state index is 0.0165. The molecule has 0 amide bonds. The van der Waals surface area contributed by atoms with Crippen molar-refractivity contribution in [2.45, 2.75) is 354 Å². The lowest BCUT2D eigenvalue weighted by Crippen LogP contribution is -2.37. The molecule has 0 saturated carbocycles. The Bertz CT molecular complexity index is 2250. The Kier molecular flexibility index (Phi) is 75.3. The average Bonchev–Trinajstić information content (AvgIpc) is 1.07. The van der Waals surface area contributed by atoms with E-state index in [-0.39, 0.29) is 32.0 Å². The molecule has 0 aliphatic carbocycles. The average molecular weight is 1410 g/mol. The lowest BCUT2D eigenvalue weighted by molar-refractivity contribution is -0.870. The molecular formula is C90H155NO8P+. The number of likely N-dealkylation sites (N-methyl/N-ethyl adjacent to an activating group) is 1. The number of allylic oxidation sites excluding steroid dienone is 26. The largest absolute Gasteiger partial charge is 0.472 e. The molecule has 0 fully saturated rings. The van der Waals surface area contributed by atoms with Crippen LogP contribution >= 0.6 is 7.82 Å². The van der Waals surface area contributed by atoms with Gasteiger partial charge in [0.2, 0.25) is 0 Å². The standard InChI is InChI=1S/C90H154NO8P/c1-6-8-10-12-14-16-18-20-22-24-26-28-30-32-34-36-38-40-42-44-45-47-49-51-53-55-57-59-61-63-65-67-69-71-73-75-77-79-81-83-90(93)99-88(87-98-100(94,95)97-85-84-91(3,4)5)86-96-89(92)82-80-78-76-74-72-70-68-66-64-62-60-58-56-54-52-50-48-46-43-41-39-37-35-33-31-29-27-25-23-21-19-17-15-13-11-9-7-2/h8,10,14,16,20,22,25-28,32,34,38,40,44-45,49,51,55,57,61,63,67,69,73,75,88H,6-7,9,11-13,15,17-19,21,23-24,29-31,33,35-37,39,41-43,46-48,50,52-54,56,58-60,62,64-66,68,70-72,74,76-87H2,1-5H3/p+1/b10-8-,16-14-,22-20-,27-25-,28-26-,34-32-,40-38-,45-44-,51-49-,57-55-,63-61-,69-67-,75-73-. The van der Waals surface area contributed by atoms with Gasteiger partial charge < -0.3 is 18.9 Å². The van der Waals surface area contributed by atoms with Gasteiger partial charge in [0.1, 0.15) is 19.8 Å². The van der Waals surface area contributed by atoms with Gasteiger partial charge in [-0.3, -0.25) is 18.6 Å². The third-order valence-corrected chi connectivity index (χ3v) is 18.5. The SMILES string of the molecule is CC/C=C\C/C=C\C/C=C\C/C=C\C/C=C\C/C=C\C/C=C\C/C=C\C/C=C\C/C=C\C/C=C\C/C=C\CCCCC(=O)OC(COC(=O)CCCCCCCCCCCCCCCCCCCCCCCCCCC/C=C\CCCCCCCCCC)COP(=O)(O)OCC[N+](C)(C)C. The van der Waals surface area contributed by atoms with E-state index < -0.39 is 26.5 Å². The Morgan fingerprint density at radius 2 is 0.570 bits per heavy atom. The summed E-state index contributed by atoms with van der Waals surface area (Å²) < 4.78 is 34.7. The van der Waals surface area contributed by atoms with E-state index in [4.69, 9.17) is 18.5 Å². The normalized spacial score (nSPS) is 13.9. The van der Waals surface area contributed by atoms with Gasteiger partial charge in [-0.1, -0.05) is 364 Å². The number of hydrogen-bond donors (Lipinski definition) is 1. The lowest BCUT2D eigenvalue weighted by Gasteiger charge is -2.24. The van der Waals surface area contributed by atoms with Crippen LogP contribution in [0.5, 0.6) is 0 Å². The van der Waals surface area contributed by atoms with Gasteiger partial charge in [-0.05, 0) is 128 Å². The Labute approximate surface area is 617 Å². The maximum Gasteiger partial charge on any atom is 0.472 e. The summed E-state index contributed by atoms with van der Waals surface area (Å²) >= 11 is 0. The molecule has 0 radical (unpaired) electrons. The molecule has 0 aliphatic rings. The highest BCUT2D eigenvalue weighted by molar-refractivity contribution is 7.47. The van der Waals surface area contributed by atoms with Crippen molar-refractivity contribution in [1.29, 1.82) is 0 Å². The van der Waals surface area contributed by atoms with Gasteiger partial charge in [-0.15, -0.1) is 0 Å². The number of ether oxygens (including phenoxy) is 2. The molecule has 0 aromatic heterocycles. The van der Waals surface area contributed by atoms with E-state index in [1.165, 1.54) is 205 Å². The Hall–Kier alpha value is -4.37. The predicted molar refractivity (Wildman–Crippen MR) is 436 cm³/mol. The topological polar surface area (TPSA) is 108 Å². The molecule has 10 heteroatoms. The van der Waals surface area contributed by atoms with Crippen molar-refractivity contribution < 1.29 is 42.1 Å². The van der Waals surface area contributed by atoms with E-state index in [1.54, 1.807) is 0 Å². The van der Waals surface area contributed by atoms with E-state index in [2.05, 4.69) is 172 Å². The van der Waals surface area contributed by atoms with Gasteiger partial charge in [-0.25, -0.2) is 4.57 Å². The highest BCUT2D eigenvalue weighted by Gasteiger charge is 2.27. The van der Waals surface area contributed by atoms with E-state index in [0.29, 0.717) is 17.4 Å². The number of carbonyl (C=O) groups is 2. The molecule has 572 valence electrons. The van der Waals surface area contributed by atoms with Gasteiger partial charge >= 0.3 is 19.8 Å². The van der Waals surface area contributed by atoms with Crippen molar-refractivity contribution in [3.63, 3.8) is 0 Å². The number of phosphoric ester groups is 1. The van der Waals surface area contributed by atoms with Crippen LogP contribution in [0, 0.1) is 0 Å². The second kappa shape index (κ2) is 78.8. The Morgan fingerprint density at radius 1 is 0.320 bits per heavy atom. The number of hydrogen-bond acceptors (Lipinski definition) is 7. The molecular weight excluding hydrogens is 1250 g/mol. The molecule has 0 aromatic rings. The van der Waals surface area contributed by atoms with Crippen molar-refractivity contribution in [3.8, 4) is 0 Å². The quantitative estimate of drug-likeness (QED) is 0.0211. The third kappa shape index (κ3) is 82.6. The maximum absolute atomic E-state index is 12.9. The van der Waals surface area contributed by atoms with Crippen molar-refractivity contribution in [2.75, 3.05) is 47.5 Å². The number of esters is 2. The van der Waals surface area contributed by atoms with Crippen LogP contribution in [-0.2, 0) is 32.7 Å². The minimum Gasteiger partial charge on any atom is -0.462 e. The van der Waals surface area contributed by atoms with Crippen LogP contribution in [0.1, 0.15) is 348 Å². The van der Waals surface area contributed by atoms with Crippen LogP contribution in [0.15, 0.2) is 158 Å². The van der Waals surface area contributed by atoms with Crippen LogP contribution in [0.4, 0.5) is 0 Å². The zero-order valence-electron chi connectivity index (χ0n) is 65.4. The van der Waals surface area contributed by atoms with Crippen molar-refractivity contribution in [3.05, 3.63) is 158 Å². The van der Waals surface area contributed by atoms with Gasteiger partial charge in [0.15, 0.2) is 6.10 Å². The molecule has 0 spiro atoms. The minimum atomic E-state index is -4.42. The van der Waals surface area contributed by atoms with E-state index >= 15 is 0 Å².